The lowest BCUT2D eigenvalue weighted by molar-refractivity contribution is 0.354. The average molecular weight is 490 g/mol. The normalized spacial score (nSPS) is 18.9. The van der Waals surface area contributed by atoms with Gasteiger partial charge in [0, 0.05) is 29.8 Å². The number of anilines is 1. The van der Waals surface area contributed by atoms with E-state index in [1.807, 2.05) is 18.3 Å². The van der Waals surface area contributed by atoms with Gasteiger partial charge in [-0.15, -0.1) is 0 Å². The number of rotatable bonds is 8. The van der Waals surface area contributed by atoms with Gasteiger partial charge in [-0.25, -0.2) is 0 Å². The molecule has 1 atom stereocenters. The van der Waals surface area contributed by atoms with Crippen molar-refractivity contribution in [3.8, 4) is 11.5 Å². The van der Waals surface area contributed by atoms with Gasteiger partial charge < -0.3 is 14.8 Å². The van der Waals surface area contributed by atoms with Gasteiger partial charge in [-0.05, 0) is 67.3 Å². The van der Waals surface area contributed by atoms with Crippen molar-refractivity contribution in [3.63, 3.8) is 0 Å². The third kappa shape index (κ3) is 4.57. The van der Waals surface area contributed by atoms with Gasteiger partial charge in [-0.1, -0.05) is 48.0 Å². The average Bonchev–Trinajstić information content (AvgIpc) is 3.55. The van der Waals surface area contributed by atoms with Crippen molar-refractivity contribution >= 4 is 22.8 Å². The van der Waals surface area contributed by atoms with E-state index in [1.165, 1.54) is 11.1 Å². The van der Waals surface area contributed by atoms with Crippen molar-refractivity contribution in [3.05, 3.63) is 107 Å². The molecule has 186 valence electrons. The monoisotopic (exact) mass is 489 g/mol. The van der Waals surface area contributed by atoms with E-state index in [2.05, 4.69) is 84.0 Å². The van der Waals surface area contributed by atoms with E-state index < -0.39 is 0 Å². The molecule has 1 saturated carbocycles. The number of nitrogens with one attached hydrogen (secondary N) is 1. The van der Waals surface area contributed by atoms with Crippen LogP contribution >= 0.6 is 0 Å². The number of allylic oxidation sites excluding steroid dienone is 2. The fraction of sp³-hybridized carbons (Fsp3) is 0.250. The van der Waals surface area contributed by atoms with Crippen LogP contribution in [0.15, 0.2) is 95.1 Å². The van der Waals surface area contributed by atoms with Crippen molar-refractivity contribution in [1.29, 1.82) is 0 Å². The number of hydrogen-bond acceptors (Lipinski definition) is 5. The summed E-state index contributed by atoms with van der Waals surface area (Å²) in [7, 11) is 3.31. The van der Waals surface area contributed by atoms with Gasteiger partial charge in [0.2, 0.25) is 0 Å². The van der Waals surface area contributed by atoms with Crippen LogP contribution in [0, 0.1) is 12.8 Å². The minimum absolute atomic E-state index is 0.00737. The second kappa shape index (κ2) is 9.40. The number of nitrogens with zero attached hydrogens (tertiary/aromatic N) is 2. The summed E-state index contributed by atoms with van der Waals surface area (Å²) in [6.45, 7) is 2.12. The van der Waals surface area contributed by atoms with Gasteiger partial charge in [0.1, 0.15) is 0 Å². The van der Waals surface area contributed by atoms with E-state index >= 15 is 0 Å². The van der Waals surface area contributed by atoms with Crippen LogP contribution in [0.5, 0.6) is 11.5 Å². The lowest BCUT2D eigenvalue weighted by Crippen LogP contribution is -2.25. The molecule has 0 radical (unpaired) electrons. The van der Waals surface area contributed by atoms with E-state index in [0.29, 0.717) is 6.42 Å². The quantitative estimate of drug-likeness (QED) is 0.381. The molecule has 0 bridgehead atoms. The molecule has 5 nitrogen and oxygen atoms in total. The zero-order chi connectivity index (χ0) is 25.4. The molecule has 3 aromatic carbocycles. The molecule has 0 amide bonds. The molecule has 2 aliphatic heterocycles. The zero-order valence-electron chi connectivity index (χ0n) is 21.5. The van der Waals surface area contributed by atoms with Crippen LogP contribution in [0.1, 0.15) is 35.1 Å². The van der Waals surface area contributed by atoms with E-state index in [-0.39, 0.29) is 11.5 Å². The molecule has 6 rings (SSSR count). The van der Waals surface area contributed by atoms with Gasteiger partial charge in [0.25, 0.3) is 0 Å². The Hall–Kier alpha value is -4.12. The standard InChI is InChI=1S/C32H31N3O2/c1-21-7-10-26(11-8-21)35-32(14-15-32)25-6-4-5-23(19-25)27-20-24-13-16-33-31(24)28(34-27)17-22-9-12-29(36-2)30(18-22)37-3/h4-13,16,18-20,24,35H,14-15,17H2,1-3H3. The lowest BCUT2D eigenvalue weighted by atomic mass is 9.90. The minimum atomic E-state index is -0.00737. The SMILES string of the molecule is COc1ccc(CC2=NC(c3cccc(C4(Nc5ccc(C)cc5)CC4)c3)=CC3C=CN=C23)cc1OC. The van der Waals surface area contributed by atoms with E-state index in [1.54, 1.807) is 14.2 Å². The molecule has 37 heavy (non-hydrogen) atoms. The van der Waals surface area contributed by atoms with Crippen LogP contribution < -0.4 is 14.8 Å². The first-order chi connectivity index (χ1) is 18.1. The van der Waals surface area contributed by atoms with Gasteiger partial charge in [0.15, 0.2) is 11.5 Å². The van der Waals surface area contributed by atoms with Crippen LogP contribution in [-0.2, 0) is 12.0 Å². The predicted octanol–water partition coefficient (Wildman–Crippen LogP) is 6.74. The molecular weight excluding hydrogens is 458 g/mol. The highest BCUT2D eigenvalue weighted by Crippen LogP contribution is 2.49. The van der Waals surface area contributed by atoms with E-state index in [9.17, 15) is 0 Å². The summed E-state index contributed by atoms with van der Waals surface area (Å²) in [6.07, 6.45) is 9.19. The van der Waals surface area contributed by atoms with Crippen molar-refractivity contribution in [1.82, 2.24) is 0 Å². The first-order valence-corrected chi connectivity index (χ1v) is 12.8. The van der Waals surface area contributed by atoms with E-state index in [0.717, 1.165) is 58.3 Å². The first-order valence-electron chi connectivity index (χ1n) is 12.8. The molecule has 1 unspecified atom stereocenters. The Labute approximate surface area is 218 Å². The largest absolute Gasteiger partial charge is 0.493 e. The predicted molar refractivity (Wildman–Crippen MR) is 151 cm³/mol. The highest BCUT2D eigenvalue weighted by molar-refractivity contribution is 6.46. The second-order valence-corrected chi connectivity index (χ2v) is 10.0. The molecule has 0 aromatic heterocycles. The van der Waals surface area contributed by atoms with Crippen LogP contribution in [-0.4, -0.2) is 25.6 Å². The molecule has 2 heterocycles. The third-order valence-corrected chi connectivity index (χ3v) is 7.43. The molecular formula is C32H31N3O2. The summed E-state index contributed by atoms with van der Waals surface area (Å²) in [4.78, 5) is 9.79. The van der Waals surface area contributed by atoms with Gasteiger partial charge in [-0.3, -0.25) is 9.98 Å². The summed E-state index contributed by atoms with van der Waals surface area (Å²) in [6, 6.07) is 23.5. The highest BCUT2D eigenvalue weighted by atomic mass is 16.5. The number of hydrogen-bond donors (Lipinski definition) is 1. The molecule has 1 N–H and O–H groups in total. The molecule has 1 aliphatic carbocycles. The Morgan fingerprint density at radius 2 is 1.76 bits per heavy atom. The molecule has 3 aromatic rings. The van der Waals surface area contributed by atoms with Gasteiger partial charge in [0.05, 0.1) is 36.9 Å². The van der Waals surface area contributed by atoms with Crippen molar-refractivity contribution < 1.29 is 9.47 Å². The Balaban J connectivity index is 1.30. The number of fused-ring (bicyclic) bond motifs is 1. The molecule has 3 aliphatic rings. The smallest absolute Gasteiger partial charge is 0.160 e. The fourth-order valence-corrected chi connectivity index (χ4v) is 5.18. The maximum Gasteiger partial charge on any atom is 0.160 e. The number of ether oxygens (including phenoxy) is 2. The third-order valence-electron chi connectivity index (χ3n) is 7.43. The minimum Gasteiger partial charge on any atom is -0.493 e. The Morgan fingerprint density at radius 3 is 2.51 bits per heavy atom. The highest BCUT2D eigenvalue weighted by Gasteiger charge is 2.44. The lowest BCUT2D eigenvalue weighted by Gasteiger charge is -2.22. The molecule has 1 fully saturated rings. The van der Waals surface area contributed by atoms with Crippen LogP contribution in [0.4, 0.5) is 5.69 Å². The molecule has 5 heteroatoms. The second-order valence-electron chi connectivity index (χ2n) is 10.0. The van der Waals surface area contributed by atoms with Crippen LogP contribution in [0.2, 0.25) is 0 Å². The molecule has 0 saturated heterocycles. The van der Waals surface area contributed by atoms with Crippen LogP contribution in [0.3, 0.4) is 0 Å². The number of aryl methyl sites for hydroxylation is 1. The van der Waals surface area contributed by atoms with Crippen molar-refractivity contribution in [2.75, 3.05) is 19.5 Å². The Kier molecular flexibility index (Phi) is 5.91. The summed E-state index contributed by atoms with van der Waals surface area (Å²) >= 11 is 0. The van der Waals surface area contributed by atoms with Gasteiger partial charge in [-0.2, -0.15) is 0 Å². The maximum atomic E-state index is 5.52. The van der Waals surface area contributed by atoms with Gasteiger partial charge >= 0.3 is 0 Å². The number of benzene rings is 3. The zero-order valence-corrected chi connectivity index (χ0v) is 21.5. The fourth-order valence-electron chi connectivity index (χ4n) is 5.18. The summed E-state index contributed by atoms with van der Waals surface area (Å²) in [5.41, 5.74) is 9.00. The van der Waals surface area contributed by atoms with E-state index in [4.69, 9.17) is 14.5 Å². The van der Waals surface area contributed by atoms with Crippen molar-refractivity contribution in [2.24, 2.45) is 15.9 Å². The number of aliphatic imine (C=N–C) groups is 2. The summed E-state index contributed by atoms with van der Waals surface area (Å²) in [5.74, 6) is 1.59. The van der Waals surface area contributed by atoms with Crippen LogP contribution in [0.25, 0.3) is 5.70 Å². The molecule has 0 spiro atoms. The first kappa shape index (κ1) is 23.3. The Morgan fingerprint density at radius 1 is 0.946 bits per heavy atom. The summed E-state index contributed by atoms with van der Waals surface area (Å²) < 4.78 is 10.9. The summed E-state index contributed by atoms with van der Waals surface area (Å²) in [5, 5.41) is 3.79. The Bertz CT molecular complexity index is 1460. The topological polar surface area (TPSA) is 55.2 Å². The van der Waals surface area contributed by atoms with Crippen molar-refractivity contribution in [2.45, 2.75) is 31.7 Å². The maximum absolute atomic E-state index is 5.52. The number of methoxy groups -OCH3 is 2.